The molecular weight excluding hydrogens is 309 g/mol. The molecule has 0 amide bonds. The van der Waals surface area contributed by atoms with E-state index in [0.29, 0.717) is 0 Å². The van der Waals surface area contributed by atoms with E-state index in [1.54, 1.807) is 44.2 Å². The Hall–Kier alpha value is -1.85. The number of ether oxygens (including phenoxy) is 1. The predicted octanol–water partition coefficient (Wildman–Crippen LogP) is 2.67. The Balaban J connectivity index is 2.85. The fourth-order valence-electron chi connectivity index (χ4n) is 1.48. The van der Waals surface area contributed by atoms with Crippen molar-refractivity contribution in [2.24, 2.45) is 0 Å². The van der Waals surface area contributed by atoms with Crippen LogP contribution >= 0.6 is 7.75 Å². The lowest BCUT2D eigenvalue weighted by molar-refractivity contribution is -0.149. The Kier molecular flexibility index (Phi) is 6.59. The molecule has 7 nitrogen and oxygen atoms in total. The minimum absolute atomic E-state index is 0.240. The molecule has 1 aromatic rings. The summed E-state index contributed by atoms with van der Waals surface area (Å²) in [5.74, 6) is -1.18. The van der Waals surface area contributed by atoms with Gasteiger partial charge in [-0.1, -0.05) is 18.2 Å². The second-order valence-corrected chi connectivity index (χ2v) is 6.44. The highest BCUT2D eigenvalue weighted by Gasteiger charge is 2.34. The molecule has 1 N–H and O–H groups in total. The molecule has 0 spiro atoms. The third-order valence-corrected chi connectivity index (χ3v) is 3.93. The van der Waals surface area contributed by atoms with Crippen LogP contribution in [0.4, 0.5) is 0 Å². The number of carbonyl (C=O) groups is 2. The molecule has 0 aromatic heterocycles. The summed E-state index contributed by atoms with van der Waals surface area (Å²) < 4.78 is 27.6. The number of carbonyl (C=O) groups excluding carboxylic acids is 2. The highest BCUT2D eigenvalue weighted by molar-refractivity contribution is 7.52. The summed E-state index contributed by atoms with van der Waals surface area (Å²) >= 11 is 0. The third-order valence-electron chi connectivity index (χ3n) is 2.27. The van der Waals surface area contributed by atoms with Crippen LogP contribution in [-0.2, 0) is 23.4 Å². The van der Waals surface area contributed by atoms with E-state index in [1.807, 2.05) is 0 Å². The van der Waals surface area contributed by atoms with Gasteiger partial charge >= 0.3 is 19.7 Å². The zero-order chi connectivity index (χ0) is 16.8. The quantitative estimate of drug-likeness (QED) is 0.607. The normalized spacial score (nSPS) is 14.8. The van der Waals surface area contributed by atoms with Gasteiger partial charge in [-0.15, -0.1) is 0 Å². The van der Waals surface area contributed by atoms with Crippen LogP contribution in [0.2, 0.25) is 0 Å². The van der Waals surface area contributed by atoms with E-state index in [1.165, 1.54) is 6.92 Å². The Morgan fingerprint density at radius 3 is 2.23 bits per heavy atom. The van der Waals surface area contributed by atoms with Crippen molar-refractivity contribution in [1.82, 2.24) is 5.09 Å². The van der Waals surface area contributed by atoms with Gasteiger partial charge in [0.15, 0.2) is 0 Å². The Morgan fingerprint density at radius 2 is 1.73 bits per heavy atom. The summed E-state index contributed by atoms with van der Waals surface area (Å²) in [6.07, 6.45) is -0.320. The average molecular weight is 329 g/mol. The number of rotatable bonds is 7. The summed E-state index contributed by atoms with van der Waals surface area (Å²) in [5, 5.41) is 2.39. The smallest absolute Gasteiger partial charge is 0.462 e. The first-order valence-electron chi connectivity index (χ1n) is 6.75. The van der Waals surface area contributed by atoms with Crippen LogP contribution in [0.25, 0.3) is 0 Å². The Bertz CT molecular complexity index is 560. The zero-order valence-corrected chi connectivity index (χ0v) is 13.8. The lowest BCUT2D eigenvalue weighted by atomic mass is 10.3. The molecule has 2 atom stereocenters. The van der Waals surface area contributed by atoms with Gasteiger partial charge in [0.25, 0.3) is 0 Å². The first-order chi connectivity index (χ1) is 10.2. The molecule has 0 saturated carbocycles. The van der Waals surface area contributed by atoms with Gasteiger partial charge in [0.05, 0.1) is 6.10 Å². The van der Waals surface area contributed by atoms with Crippen molar-refractivity contribution >= 4 is 19.7 Å². The van der Waals surface area contributed by atoms with Crippen LogP contribution in [0.15, 0.2) is 30.3 Å². The minimum Gasteiger partial charge on any atom is -0.462 e. The molecule has 1 aromatic carbocycles. The molecule has 0 aliphatic carbocycles. The number of benzene rings is 1. The van der Waals surface area contributed by atoms with Gasteiger partial charge in [0, 0.05) is 6.92 Å². The molecule has 0 saturated heterocycles. The van der Waals surface area contributed by atoms with E-state index >= 15 is 0 Å². The Morgan fingerprint density at radius 1 is 1.14 bits per heavy atom. The maximum Gasteiger partial charge on any atom is 0.515 e. The first kappa shape index (κ1) is 18.2. The van der Waals surface area contributed by atoms with Crippen molar-refractivity contribution in [3.8, 4) is 5.75 Å². The maximum absolute atomic E-state index is 12.6. The van der Waals surface area contributed by atoms with Crippen molar-refractivity contribution in [2.75, 3.05) is 0 Å². The van der Waals surface area contributed by atoms with Crippen molar-refractivity contribution in [2.45, 2.75) is 39.8 Å². The SMILES string of the molecule is CC(=O)OP(=O)(N[C@@H](C)C(=O)OC(C)C)Oc1ccccc1. The summed E-state index contributed by atoms with van der Waals surface area (Å²) in [4.78, 5) is 22.9. The fourth-order valence-corrected chi connectivity index (χ4v) is 2.95. The van der Waals surface area contributed by atoms with Crippen LogP contribution in [0.1, 0.15) is 27.7 Å². The van der Waals surface area contributed by atoms with E-state index in [-0.39, 0.29) is 11.9 Å². The van der Waals surface area contributed by atoms with E-state index in [2.05, 4.69) is 5.09 Å². The molecule has 122 valence electrons. The number of nitrogens with one attached hydrogen (secondary N) is 1. The number of hydrogen-bond donors (Lipinski definition) is 1. The molecule has 0 aliphatic rings. The van der Waals surface area contributed by atoms with Gasteiger partial charge in [-0.3, -0.25) is 9.59 Å². The van der Waals surface area contributed by atoms with Crippen LogP contribution < -0.4 is 9.61 Å². The lowest BCUT2D eigenvalue weighted by Gasteiger charge is -2.22. The van der Waals surface area contributed by atoms with Gasteiger partial charge in [-0.05, 0) is 32.9 Å². The van der Waals surface area contributed by atoms with Crippen molar-refractivity contribution in [3.63, 3.8) is 0 Å². The second kappa shape index (κ2) is 7.96. The number of hydrogen-bond acceptors (Lipinski definition) is 6. The molecule has 0 radical (unpaired) electrons. The summed E-state index contributed by atoms with van der Waals surface area (Å²) in [6.45, 7) is 5.92. The average Bonchev–Trinajstić information content (AvgIpc) is 2.37. The molecule has 0 heterocycles. The molecule has 0 aliphatic heterocycles. The van der Waals surface area contributed by atoms with E-state index < -0.39 is 25.7 Å². The van der Waals surface area contributed by atoms with Crippen LogP contribution in [0.5, 0.6) is 5.75 Å². The third kappa shape index (κ3) is 6.28. The van der Waals surface area contributed by atoms with Crippen molar-refractivity contribution in [3.05, 3.63) is 30.3 Å². The maximum atomic E-state index is 12.6. The number of para-hydroxylation sites is 1. The molecule has 1 unspecified atom stereocenters. The van der Waals surface area contributed by atoms with Gasteiger partial charge < -0.3 is 13.8 Å². The molecule has 8 heteroatoms. The van der Waals surface area contributed by atoms with Crippen molar-refractivity contribution in [1.29, 1.82) is 0 Å². The fraction of sp³-hybridized carbons (Fsp3) is 0.429. The topological polar surface area (TPSA) is 90.9 Å². The van der Waals surface area contributed by atoms with Crippen LogP contribution in [0, 0.1) is 0 Å². The highest BCUT2D eigenvalue weighted by atomic mass is 31.2. The van der Waals surface area contributed by atoms with Gasteiger partial charge in [0.2, 0.25) is 0 Å². The molecule has 0 bridgehead atoms. The zero-order valence-electron chi connectivity index (χ0n) is 12.9. The van der Waals surface area contributed by atoms with Gasteiger partial charge in [-0.2, -0.15) is 5.09 Å². The second-order valence-electron chi connectivity index (χ2n) is 4.82. The van der Waals surface area contributed by atoms with E-state index in [9.17, 15) is 14.2 Å². The molecule has 0 fully saturated rings. The van der Waals surface area contributed by atoms with Crippen LogP contribution in [0.3, 0.4) is 0 Å². The van der Waals surface area contributed by atoms with E-state index in [4.69, 9.17) is 13.8 Å². The van der Waals surface area contributed by atoms with Gasteiger partial charge in [-0.25, -0.2) is 4.57 Å². The van der Waals surface area contributed by atoms with E-state index in [0.717, 1.165) is 6.92 Å². The summed E-state index contributed by atoms with van der Waals surface area (Å²) in [6, 6.07) is 7.22. The van der Waals surface area contributed by atoms with Gasteiger partial charge in [0.1, 0.15) is 11.8 Å². The predicted molar refractivity (Wildman–Crippen MR) is 80.3 cm³/mol. The summed E-state index contributed by atoms with van der Waals surface area (Å²) in [7, 11) is -4.05. The molecule has 1 rings (SSSR count). The summed E-state index contributed by atoms with van der Waals surface area (Å²) in [5.41, 5.74) is 0. The molecule has 22 heavy (non-hydrogen) atoms. The largest absolute Gasteiger partial charge is 0.515 e. The minimum atomic E-state index is -4.05. The highest BCUT2D eigenvalue weighted by Crippen LogP contribution is 2.44. The monoisotopic (exact) mass is 329 g/mol. The first-order valence-corrected chi connectivity index (χ1v) is 8.29. The van der Waals surface area contributed by atoms with Crippen molar-refractivity contribution < 1.29 is 27.9 Å². The lowest BCUT2D eigenvalue weighted by Crippen LogP contribution is -2.36. The van der Waals surface area contributed by atoms with Crippen LogP contribution in [-0.4, -0.2) is 24.1 Å². The molecular formula is C14H20NO6P. The number of esters is 1. The standard InChI is InChI=1S/C14H20NO6P/c1-10(2)19-14(17)11(3)15-22(18,20-12(4)16)21-13-8-6-5-7-9-13/h5-11H,1-4H3,(H,15,18)/t11-,22?/m0/s1. The Labute approximate surface area is 129 Å².